The van der Waals surface area contributed by atoms with Gasteiger partial charge >= 0.3 is 5.97 Å². The third-order valence-corrected chi connectivity index (χ3v) is 2.51. The number of aromatic carboxylic acids is 1. The van der Waals surface area contributed by atoms with E-state index >= 15 is 0 Å². The van der Waals surface area contributed by atoms with Gasteiger partial charge in [0.15, 0.2) is 0 Å². The van der Waals surface area contributed by atoms with Crippen LogP contribution in [0.5, 0.6) is 0 Å². The number of aryl methyl sites for hydroxylation is 2. The highest BCUT2D eigenvalue weighted by atomic mass is 19.1. The Morgan fingerprint density at radius 1 is 1.50 bits per heavy atom. The molecule has 0 aliphatic carbocycles. The fraction of sp³-hybridized carbons (Fsp3) is 0.250. The molecule has 0 atom stereocenters. The Morgan fingerprint density at radius 3 is 2.83 bits per heavy atom. The Balaban J connectivity index is 2.62. The second-order valence-electron chi connectivity index (χ2n) is 3.88. The molecule has 6 heteroatoms. The van der Waals surface area contributed by atoms with Crippen molar-refractivity contribution < 1.29 is 14.3 Å². The molecule has 0 aliphatic heterocycles. The minimum atomic E-state index is -1.23. The lowest BCUT2D eigenvalue weighted by Crippen LogP contribution is -2.05. The first kappa shape index (κ1) is 12.2. The number of carbonyl (C=O) groups is 1. The molecular weight excluding hydrogens is 237 g/mol. The van der Waals surface area contributed by atoms with Crippen molar-refractivity contribution in [2.45, 2.75) is 20.3 Å². The Kier molecular flexibility index (Phi) is 3.10. The van der Waals surface area contributed by atoms with Crippen LogP contribution in [0.2, 0.25) is 0 Å². The van der Waals surface area contributed by atoms with E-state index in [2.05, 4.69) is 10.1 Å². The normalized spacial score (nSPS) is 10.6. The van der Waals surface area contributed by atoms with E-state index in [0.29, 0.717) is 12.2 Å². The van der Waals surface area contributed by atoms with Gasteiger partial charge in [0.25, 0.3) is 5.82 Å². The van der Waals surface area contributed by atoms with Crippen LogP contribution in [0, 0.1) is 12.7 Å². The van der Waals surface area contributed by atoms with Gasteiger partial charge in [0.05, 0.1) is 0 Å². The molecule has 94 valence electrons. The van der Waals surface area contributed by atoms with Crippen molar-refractivity contribution in [3.8, 4) is 5.69 Å². The Labute approximate surface area is 103 Å². The molecular formula is C12H12FN3O2. The second-order valence-corrected chi connectivity index (χ2v) is 3.88. The van der Waals surface area contributed by atoms with Crippen LogP contribution in [0.15, 0.2) is 18.2 Å². The Hall–Kier alpha value is -2.24. The number of carboxylic acids is 1. The lowest BCUT2D eigenvalue weighted by Gasteiger charge is -2.06. The van der Waals surface area contributed by atoms with Crippen molar-refractivity contribution in [1.29, 1.82) is 0 Å². The van der Waals surface area contributed by atoms with Crippen LogP contribution in [0.3, 0.4) is 0 Å². The minimum Gasteiger partial charge on any atom is -0.475 e. The van der Waals surface area contributed by atoms with E-state index in [0.717, 1.165) is 5.56 Å². The molecule has 1 aromatic carbocycles. The molecule has 2 rings (SSSR count). The Morgan fingerprint density at radius 2 is 2.22 bits per heavy atom. The van der Waals surface area contributed by atoms with E-state index < -0.39 is 11.8 Å². The third-order valence-electron chi connectivity index (χ3n) is 2.51. The van der Waals surface area contributed by atoms with Crippen LogP contribution in [-0.4, -0.2) is 25.8 Å². The highest BCUT2D eigenvalue weighted by Crippen LogP contribution is 2.16. The lowest BCUT2D eigenvalue weighted by atomic mass is 10.2. The number of nitrogens with zero attached hydrogens (tertiary/aromatic N) is 3. The van der Waals surface area contributed by atoms with Crippen molar-refractivity contribution in [2.75, 3.05) is 0 Å². The van der Waals surface area contributed by atoms with Gasteiger partial charge in [-0.1, -0.05) is 13.0 Å². The van der Waals surface area contributed by atoms with Gasteiger partial charge < -0.3 is 5.11 Å². The molecule has 5 nitrogen and oxygen atoms in total. The van der Waals surface area contributed by atoms with Gasteiger partial charge in [-0.2, -0.15) is 0 Å². The molecule has 0 saturated heterocycles. The maximum absolute atomic E-state index is 13.7. The maximum Gasteiger partial charge on any atom is 0.375 e. The quantitative estimate of drug-likeness (QED) is 0.903. The van der Waals surface area contributed by atoms with E-state index in [-0.39, 0.29) is 11.5 Å². The summed E-state index contributed by atoms with van der Waals surface area (Å²) in [5.41, 5.74) is 1.08. The number of benzene rings is 1. The number of aromatic nitrogens is 3. The lowest BCUT2D eigenvalue weighted by molar-refractivity contribution is 0.0683. The van der Waals surface area contributed by atoms with Gasteiger partial charge in [0, 0.05) is 6.42 Å². The van der Waals surface area contributed by atoms with Crippen molar-refractivity contribution in [1.82, 2.24) is 14.8 Å². The van der Waals surface area contributed by atoms with Gasteiger partial charge in [0.2, 0.25) is 0 Å². The van der Waals surface area contributed by atoms with Crippen molar-refractivity contribution in [2.24, 2.45) is 0 Å². The second kappa shape index (κ2) is 4.56. The fourth-order valence-corrected chi connectivity index (χ4v) is 1.64. The van der Waals surface area contributed by atoms with Gasteiger partial charge in [-0.3, -0.25) is 0 Å². The summed E-state index contributed by atoms with van der Waals surface area (Å²) in [4.78, 5) is 14.7. The zero-order chi connectivity index (χ0) is 13.3. The van der Waals surface area contributed by atoms with E-state index in [4.69, 9.17) is 5.11 Å². The Bertz CT molecular complexity index is 607. The maximum atomic E-state index is 13.7. The monoisotopic (exact) mass is 249 g/mol. The molecule has 0 unspecified atom stereocenters. The van der Waals surface area contributed by atoms with Crippen molar-refractivity contribution in [3.05, 3.63) is 41.2 Å². The summed E-state index contributed by atoms with van der Waals surface area (Å²) in [6, 6.07) is 4.57. The molecule has 2 aromatic rings. The molecule has 0 amide bonds. The summed E-state index contributed by atoms with van der Waals surface area (Å²) in [7, 11) is 0. The highest BCUT2D eigenvalue weighted by Gasteiger charge is 2.17. The molecule has 0 fully saturated rings. The average Bonchev–Trinajstić information content (AvgIpc) is 2.76. The van der Waals surface area contributed by atoms with Gasteiger partial charge in [0.1, 0.15) is 17.3 Å². The first-order valence-electron chi connectivity index (χ1n) is 5.48. The van der Waals surface area contributed by atoms with Crippen molar-refractivity contribution >= 4 is 5.97 Å². The first-order valence-corrected chi connectivity index (χ1v) is 5.48. The summed E-state index contributed by atoms with van der Waals surface area (Å²) in [6.45, 7) is 3.63. The van der Waals surface area contributed by atoms with E-state index in [1.165, 1.54) is 10.7 Å². The zero-order valence-electron chi connectivity index (χ0n) is 10.0. The molecule has 18 heavy (non-hydrogen) atoms. The van der Waals surface area contributed by atoms with E-state index in [1.54, 1.807) is 19.1 Å². The first-order chi connectivity index (χ1) is 8.52. The molecule has 1 aromatic heterocycles. The number of hydrogen-bond donors (Lipinski definition) is 1. The summed E-state index contributed by atoms with van der Waals surface area (Å²) in [5, 5.41) is 12.7. The fourth-order valence-electron chi connectivity index (χ4n) is 1.64. The molecule has 0 bridgehead atoms. The van der Waals surface area contributed by atoms with Crippen LogP contribution in [0.25, 0.3) is 5.69 Å². The van der Waals surface area contributed by atoms with E-state index in [9.17, 15) is 9.18 Å². The summed E-state index contributed by atoms with van der Waals surface area (Å²) in [5.74, 6) is -1.60. The van der Waals surface area contributed by atoms with Crippen LogP contribution in [0.1, 0.15) is 28.9 Å². The number of rotatable bonds is 3. The minimum absolute atomic E-state index is 0.215. The molecule has 0 spiro atoms. The van der Waals surface area contributed by atoms with Crippen LogP contribution < -0.4 is 0 Å². The van der Waals surface area contributed by atoms with Gasteiger partial charge in [-0.15, -0.1) is 5.10 Å². The SMILES string of the molecule is CCc1nc(C(=O)O)nn1-c1cc(C)ccc1F. The number of halogens is 1. The predicted molar refractivity (Wildman–Crippen MR) is 62.4 cm³/mol. The van der Waals surface area contributed by atoms with Crippen molar-refractivity contribution in [3.63, 3.8) is 0 Å². The average molecular weight is 249 g/mol. The molecule has 0 radical (unpaired) electrons. The van der Waals surface area contributed by atoms with Crippen LogP contribution in [-0.2, 0) is 6.42 Å². The molecule has 0 aliphatic rings. The zero-order valence-corrected chi connectivity index (χ0v) is 10.0. The number of carboxylic acid groups (broad SMARTS) is 1. The summed E-state index contributed by atoms with van der Waals surface area (Å²) in [6.07, 6.45) is 0.466. The number of hydrogen-bond acceptors (Lipinski definition) is 3. The highest BCUT2D eigenvalue weighted by molar-refractivity contribution is 5.83. The van der Waals surface area contributed by atoms with Gasteiger partial charge in [-0.05, 0) is 24.6 Å². The topological polar surface area (TPSA) is 68.0 Å². The van der Waals surface area contributed by atoms with Crippen LogP contribution >= 0.6 is 0 Å². The third kappa shape index (κ3) is 2.09. The largest absolute Gasteiger partial charge is 0.475 e. The standard InChI is InChI=1S/C12H12FN3O2/c1-3-10-14-11(12(17)18)15-16(10)9-6-7(2)4-5-8(9)13/h4-6H,3H2,1-2H3,(H,17,18). The smallest absolute Gasteiger partial charge is 0.375 e. The predicted octanol–water partition coefficient (Wildman–Crippen LogP) is 1.98. The summed E-state index contributed by atoms with van der Waals surface area (Å²) < 4.78 is 15.0. The molecule has 1 heterocycles. The molecule has 1 N–H and O–H groups in total. The van der Waals surface area contributed by atoms with E-state index in [1.807, 2.05) is 6.92 Å². The van der Waals surface area contributed by atoms with Crippen LogP contribution in [0.4, 0.5) is 4.39 Å². The summed E-state index contributed by atoms with van der Waals surface area (Å²) >= 11 is 0. The van der Waals surface area contributed by atoms with Gasteiger partial charge in [-0.25, -0.2) is 18.9 Å². The molecule has 0 saturated carbocycles.